The van der Waals surface area contributed by atoms with Crippen molar-refractivity contribution in [2.75, 3.05) is 0 Å². The maximum absolute atomic E-state index is 12.5. The average Bonchev–Trinajstić information content (AvgIpc) is 2.86. The number of aromatic nitrogens is 2. The standard InChI is InChI=1S/C13H11F3N2O2S/c1-7-4-2-3-5-8(7)6-9(11(19)20)10-17-12(18-21-10)13(14,15)16/h2-5,9H,6H2,1H3,(H,19,20). The number of alkyl halides is 3. The Kier molecular flexibility index (Phi) is 4.26. The minimum Gasteiger partial charge on any atom is -0.481 e. The van der Waals surface area contributed by atoms with Gasteiger partial charge in [0.1, 0.15) is 10.9 Å². The smallest absolute Gasteiger partial charge is 0.452 e. The number of carboxylic acid groups (broad SMARTS) is 1. The first kappa shape index (κ1) is 15.4. The van der Waals surface area contributed by atoms with E-state index in [2.05, 4.69) is 9.36 Å². The number of rotatable bonds is 4. The fraction of sp³-hybridized carbons (Fsp3) is 0.308. The van der Waals surface area contributed by atoms with Gasteiger partial charge in [-0.05, 0) is 36.0 Å². The largest absolute Gasteiger partial charge is 0.481 e. The highest BCUT2D eigenvalue weighted by Crippen LogP contribution is 2.31. The number of carboxylic acids is 1. The second-order valence-electron chi connectivity index (χ2n) is 4.48. The number of nitrogens with zero attached hydrogens (tertiary/aromatic N) is 2. The van der Waals surface area contributed by atoms with Crippen LogP contribution in [0.3, 0.4) is 0 Å². The maximum atomic E-state index is 12.5. The molecule has 4 nitrogen and oxygen atoms in total. The Bertz CT molecular complexity index is 655. The number of hydrogen-bond donors (Lipinski definition) is 1. The molecule has 0 saturated heterocycles. The minimum atomic E-state index is -4.67. The Morgan fingerprint density at radius 3 is 2.57 bits per heavy atom. The van der Waals surface area contributed by atoms with E-state index in [1.54, 1.807) is 18.2 Å². The molecule has 112 valence electrons. The molecule has 2 rings (SSSR count). The molecule has 0 aliphatic carbocycles. The molecule has 1 unspecified atom stereocenters. The van der Waals surface area contributed by atoms with Gasteiger partial charge in [0.2, 0.25) is 5.82 Å². The van der Waals surface area contributed by atoms with Crippen molar-refractivity contribution >= 4 is 17.5 Å². The van der Waals surface area contributed by atoms with Gasteiger partial charge >= 0.3 is 12.1 Å². The average molecular weight is 316 g/mol. The third-order valence-corrected chi connectivity index (χ3v) is 3.80. The van der Waals surface area contributed by atoms with Crippen LogP contribution in [0.25, 0.3) is 0 Å². The molecule has 0 radical (unpaired) electrons. The summed E-state index contributed by atoms with van der Waals surface area (Å²) in [6.07, 6.45) is -4.59. The van der Waals surface area contributed by atoms with Crippen LogP contribution in [0.4, 0.5) is 13.2 Å². The Hall–Kier alpha value is -1.96. The molecule has 0 fully saturated rings. The lowest BCUT2D eigenvalue weighted by Gasteiger charge is -2.11. The summed E-state index contributed by atoms with van der Waals surface area (Å²) in [6.45, 7) is 1.81. The van der Waals surface area contributed by atoms with E-state index in [0.29, 0.717) is 11.5 Å². The van der Waals surface area contributed by atoms with Gasteiger partial charge in [0.15, 0.2) is 0 Å². The Morgan fingerprint density at radius 2 is 2.05 bits per heavy atom. The zero-order valence-corrected chi connectivity index (χ0v) is 11.7. The number of hydrogen-bond acceptors (Lipinski definition) is 4. The van der Waals surface area contributed by atoms with E-state index in [0.717, 1.165) is 11.1 Å². The molecule has 0 bridgehead atoms. The number of aryl methyl sites for hydroxylation is 1. The van der Waals surface area contributed by atoms with E-state index in [1.165, 1.54) is 0 Å². The number of carbonyl (C=O) groups is 1. The molecule has 2 aromatic rings. The summed E-state index contributed by atoms with van der Waals surface area (Å²) in [5, 5.41) is 9.11. The third kappa shape index (κ3) is 3.57. The molecule has 0 aliphatic heterocycles. The van der Waals surface area contributed by atoms with Crippen LogP contribution in [-0.4, -0.2) is 20.4 Å². The summed E-state index contributed by atoms with van der Waals surface area (Å²) >= 11 is 0.476. The van der Waals surface area contributed by atoms with Crippen molar-refractivity contribution in [1.82, 2.24) is 9.36 Å². The van der Waals surface area contributed by atoms with E-state index in [9.17, 15) is 23.1 Å². The van der Waals surface area contributed by atoms with Crippen LogP contribution in [0, 0.1) is 6.92 Å². The zero-order chi connectivity index (χ0) is 15.6. The first-order valence-corrected chi connectivity index (χ1v) is 6.74. The quantitative estimate of drug-likeness (QED) is 0.940. The predicted molar refractivity (Wildman–Crippen MR) is 70.2 cm³/mol. The first-order chi connectivity index (χ1) is 9.79. The van der Waals surface area contributed by atoms with Crippen LogP contribution in [0.2, 0.25) is 0 Å². The maximum Gasteiger partial charge on any atom is 0.452 e. The van der Waals surface area contributed by atoms with E-state index < -0.39 is 23.9 Å². The second-order valence-corrected chi connectivity index (χ2v) is 5.26. The van der Waals surface area contributed by atoms with Gasteiger partial charge in [0.25, 0.3) is 0 Å². The number of aliphatic carboxylic acids is 1. The van der Waals surface area contributed by atoms with Gasteiger partial charge in [-0.15, -0.1) is 0 Å². The molecule has 0 amide bonds. The molecule has 1 atom stereocenters. The lowest BCUT2D eigenvalue weighted by Crippen LogP contribution is -2.16. The van der Waals surface area contributed by atoms with Gasteiger partial charge < -0.3 is 5.11 Å². The fourth-order valence-electron chi connectivity index (χ4n) is 1.83. The van der Waals surface area contributed by atoms with Crippen molar-refractivity contribution in [3.8, 4) is 0 Å². The van der Waals surface area contributed by atoms with Crippen LogP contribution in [0.5, 0.6) is 0 Å². The Morgan fingerprint density at radius 1 is 1.38 bits per heavy atom. The molecule has 0 saturated carbocycles. The Labute approximate surface area is 122 Å². The van der Waals surface area contributed by atoms with E-state index in [-0.39, 0.29) is 11.4 Å². The molecule has 8 heteroatoms. The van der Waals surface area contributed by atoms with Crippen molar-refractivity contribution in [1.29, 1.82) is 0 Å². The first-order valence-electron chi connectivity index (χ1n) is 5.97. The van der Waals surface area contributed by atoms with E-state index in [4.69, 9.17) is 0 Å². The van der Waals surface area contributed by atoms with Crippen molar-refractivity contribution < 1.29 is 23.1 Å². The highest BCUT2D eigenvalue weighted by Gasteiger charge is 2.37. The summed E-state index contributed by atoms with van der Waals surface area (Å²) in [5.74, 6) is -3.65. The molecule has 21 heavy (non-hydrogen) atoms. The summed E-state index contributed by atoms with van der Waals surface area (Å²) in [5.41, 5.74) is 1.64. The molecule has 1 heterocycles. The van der Waals surface area contributed by atoms with Gasteiger partial charge in [-0.2, -0.15) is 17.5 Å². The number of halogens is 3. The number of benzene rings is 1. The molecular weight excluding hydrogens is 305 g/mol. The topological polar surface area (TPSA) is 63.1 Å². The zero-order valence-electron chi connectivity index (χ0n) is 10.9. The monoisotopic (exact) mass is 316 g/mol. The predicted octanol–water partition coefficient (Wildman–Crippen LogP) is 3.28. The summed E-state index contributed by atoms with van der Waals surface area (Å²) < 4.78 is 40.7. The molecular formula is C13H11F3N2O2S. The van der Waals surface area contributed by atoms with Crippen molar-refractivity contribution in [3.63, 3.8) is 0 Å². The summed E-state index contributed by atoms with van der Waals surface area (Å²) in [4.78, 5) is 14.7. The second kappa shape index (κ2) is 5.80. The lowest BCUT2D eigenvalue weighted by atomic mass is 9.96. The van der Waals surface area contributed by atoms with Gasteiger partial charge in [-0.25, -0.2) is 4.98 Å². The minimum absolute atomic E-state index is 0.0779. The van der Waals surface area contributed by atoms with Gasteiger partial charge in [0.05, 0.1) is 0 Å². The lowest BCUT2D eigenvalue weighted by molar-refractivity contribution is -0.145. The molecule has 1 N–H and O–H groups in total. The van der Waals surface area contributed by atoms with Crippen LogP contribution in [0.15, 0.2) is 24.3 Å². The van der Waals surface area contributed by atoms with E-state index >= 15 is 0 Å². The molecule has 0 spiro atoms. The van der Waals surface area contributed by atoms with Crippen molar-refractivity contribution in [2.45, 2.75) is 25.4 Å². The molecule has 1 aromatic heterocycles. The van der Waals surface area contributed by atoms with Crippen LogP contribution in [-0.2, 0) is 17.4 Å². The highest BCUT2D eigenvalue weighted by molar-refractivity contribution is 7.05. The molecule has 0 aliphatic rings. The summed E-state index contributed by atoms with van der Waals surface area (Å²) in [7, 11) is 0. The van der Waals surface area contributed by atoms with Gasteiger partial charge in [-0.3, -0.25) is 4.79 Å². The SMILES string of the molecule is Cc1ccccc1CC(C(=O)O)c1nc(C(F)(F)F)ns1. The van der Waals surface area contributed by atoms with Crippen LogP contribution in [0.1, 0.15) is 27.9 Å². The van der Waals surface area contributed by atoms with E-state index in [1.807, 2.05) is 13.0 Å². The van der Waals surface area contributed by atoms with Gasteiger partial charge in [0, 0.05) is 0 Å². The fourth-order valence-corrected chi connectivity index (χ4v) is 2.59. The van der Waals surface area contributed by atoms with Crippen LogP contribution >= 0.6 is 11.5 Å². The summed E-state index contributed by atoms with van der Waals surface area (Å²) in [6, 6.07) is 7.12. The van der Waals surface area contributed by atoms with Crippen molar-refractivity contribution in [3.05, 3.63) is 46.2 Å². The van der Waals surface area contributed by atoms with Crippen molar-refractivity contribution in [2.24, 2.45) is 0 Å². The third-order valence-electron chi connectivity index (χ3n) is 2.98. The Balaban J connectivity index is 2.30. The van der Waals surface area contributed by atoms with Crippen LogP contribution < -0.4 is 0 Å². The highest BCUT2D eigenvalue weighted by atomic mass is 32.1. The molecule has 1 aromatic carbocycles. The normalized spacial score (nSPS) is 13.1. The van der Waals surface area contributed by atoms with Gasteiger partial charge in [-0.1, -0.05) is 24.3 Å².